The summed E-state index contributed by atoms with van der Waals surface area (Å²) in [5.74, 6) is -0.359. The van der Waals surface area contributed by atoms with Gasteiger partial charge >= 0.3 is 5.97 Å². The van der Waals surface area contributed by atoms with Gasteiger partial charge in [-0.15, -0.1) is 0 Å². The van der Waals surface area contributed by atoms with E-state index in [4.69, 9.17) is 21.1 Å². The molecule has 0 aromatic heterocycles. The first-order chi connectivity index (χ1) is 17.4. The summed E-state index contributed by atoms with van der Waals surface area (Å²) < 4.78 is 17.2. The van der Waals surface area contributed by atoms with Gasteiger partial charge in [-0.05, 0) is 61.0 Å². The number of carbonyl (C=O) groups is 2. The lowest BCUT2D eigenvalue weighted by Crippen LogP contribution is -2.13. The number of methoxy groups -OCH3 is 1. The number of nitrogens with one attached hydrogen (secondary N) is 1. The molecule has 0 aliphatic heterocycles. The van der Waals surface area contributed by atoms with Gasteiger partial charge in [0.1, 0.15) is 18.2 Å². The van der Waals surface area contributed by atoms with Crippen molar-refractivity contribution in [1.82, 2.24) is 0 Å². The zero-order valence-corrected chi connectivity index (χ0v) is 21.9. The number of ether oxygens (including phenoxy) is 3. The Balaban J connectivity index is 1.82. The molecule has 1 N–H and O–H groups in total. The minimum Gasteiger partial charge on any atom is -0.490 e. The molecule has 0 fully saturated rings. The number of benzene rings is 3. The fraction of sp³-hybridized carbons (Fsp3) is 0.148. The van der Waals surface area contributed by atoms with Crippen LogP contribution in [0.25, 0.3) is 6.08 Å². The van der Waals surface area contributed by atoms with Gasteiger partial charge in [-0.3, -0.25) is 4.79 Å². The zero-order chi connectivity index (χ0) is 26.1. The highest BCUT2D eigenvalue weighted by Crippen LogP contribution is 2.38. The van der Waals surface area contributed by atoms with Gasteiger partial charge in [0.05, 0.1) is 24.3 Å². The molecular formula is C27H22BrClN2O5. The molecule has 3 aromatic rings. The number of rotatable bonds is 9. The summed E-state index contributed by atoms with van der Waals surface area (Å²) >= 11 is 9.99. The molecule has 0 spiro atoms. The lowest BCUT2D eigenvalue weighted by molar-refractivity contribution is -0.112. The van der Waals surface area contributed by atoms with Crippen molar-refractivity contribution in [2.75, 3.05) is 19.0 Å². The second-order valence-electron chi connectivity index (χ2n) is 7.34. The highest BCUT2D eigenvalue weighted by atomic mass is 79.9. The van der Waals surface area contributed by atoms with E-state index in [-0.39, 0.29) is 17.2 Å². The number of hydrogen-bond acceptors (Lipinski definition) is 6. The molecule has 0 atom stereocenters. The summed E-state index contributed by atoms with van der Waals surface area (Å²) in [4.78, 5) is 24.3. The maximum Gasteiger partial charge on any atom is 0.337 e. The number of hydrogen-bond donors (Lipinski definition) is 1. The Bertz CT molecular complexity index is 1330. The van der Waals surface area contributed by atoms with Crippen molar-refractivity contribution < 1.29 is 23.8 Å². The summed E-state index contributed by atoms with van der Waals surface area (Å²) in [5, 5.41) is 12.5. The molecule has 3 aromatic carbocycles. The van der Waals surface area contributed by atoms with Crippen LogP contribution in [-0.4, -0.2) is 25.6 Å². The average molecular weight is 570 g/mol. The monoisotopic (exact) mass is 568 g/mol. The second kappa shape index (κ2) is 12.8. The molecular weight excluding hydrogens is 548 g/mol. The summed E-state index contributed by atoms with van der Waals surface area (Å²) in [6.07, 6.45) is 1.41. The Hall–Kier alpha value is -3.80. The minimum atomic E-state index is -0.619. The first-order valence-electron chi connectivity index (χ1n) is 10.8. The van der Waals surface area contributed by atoms with Crippen molar-refractivity contribution in [3.8, 4) is 17.6 Å². The number of nitriles is 1. The Morgan fingerprint density at radius 1 is 1.11 bits per heavy atom. The van der Waals surface area contributed by atoms with Crippen molar-refractivity contribution in [2.45, 2.75) is 13.5 Å². The lowest BCUT2D eigenvalue weighted by Gasteiger charge is -2.15. The predicted octanol–water partition coefficient (Wildman–Crippen LogP) is 6.41. The van der Waals surface area contributed by atoms with Crippen molar-refractivity contribution in [3.63, 3.8) is 0 Å². The van der Waals surface area contributed by atoms with Crippen LogP contribution in [-0.2, 0) is 16.1 Å². The molecule has 3 rings (SSSR count). The Kier molecular flexibility index (Phi) is 9.51. The van der Waals surface area contributed by atoms with Crippen LogP contribution in [0.4, 0.5) is 5.69 Å². The van der Waals surface area contributed by atoms with Crippen LogP contribution in [0.5, 0.6) is 11.5 Å². The number of anilines is 1. The number of halogens is 2. The molecule has 36 heavy (non-hydrogen) atoms. The van der Waals surface area contributed by atoms with E-state index in [1.54, 1.807) is 24.3 Å². The quantitative estimate of drug-likeness (QED) is 0.182. The predicted molar refractivity (Wildman–Crippen MR) is 141 cm³/mol. The molecule has 0 aliphatic rings. The van der Waals surface area contributed by atoms with Crippen LogP contribution in [0.1, 0.15) is 28.4 Å². The smallest absolute Gasteiger partial charge is 0.337 e. The van der Waals surface area contributed by atoms with E-state index < -0.39 is 11.9 Å². The van der Waals surface area contributed by atoms with Gasteiger partial charge in [0.2, 0.25) is 0 Å². The van der Waals surface area contributed by atoms with Crippen LogP contribution in [0, 0.1) is 11.3 Å². The van der Waals surface area contributed by atoms with Crippen molar-refractivity contribution >= 4 is 51.2 Å². The fourth-order valence-corrected chi connectivity index (χ4v) is 3.83. The van der Waals surface area contributed by atoms with E-state index in [0.717, 1.165) is 10.0 Å². The highest BCUT2D eigenvalue weighted by molar-refractivity contribution is 9.10. The van der Waals surface area contributed by atoms with Crippen LogP contribution < -0.4 is 14.8 Å². The van der Waals surface area contributed by atoms with Crippen molar-refractivity contribution in [2.24, 2.45) is 0 Å². The van der Waals surface area contributed by atoms with Gasteiger partial charge in [0, 0.05) is 15.7 Å². The molecule has 0 bridgehead atoms. The molecule has 1 amide bonds. The molecule has 0 saturated heterocycles. The normalized spacial score (nSPS) is 10.8. The van der Waals surface area contributed by atoms with E-state index in [1.165, 1.54) is 25.3 Å². The van der Waals surface area contributed by atoms with Crippen LogP contribution >= 0.6 is 27.5 Å². The van der Waals surface area contributed by atoms with E-state index >= 15 is 0 Å². The van der Waals surface area contributed by atoms with E-state index in [2.05, 4.69) is 26.0 Å². The topological polar surface area (TPSA) is 97.7 Å². The van der Waals surface area contributed by atoms with Crippen LogP contribution in [0.15, 0.2) is 70.7 Å². The second-order valence-corrected chi connectivity index (χ2v) is 8.60. The molecule has 0 radical (unpaired) electrons. The standard InChI is InChI=1S/C27H22BrClN2O5/c1-3-35-24-14-17(13-23(29)25(24)36-16-19-6-4-5-7-22(19)28)12-20(15-30)26(32)31-21-10-8-18(9-11-21)27(33)34-2/h4-14H,3,16H2,1-2H3,(H,31,32)/b20-12+. The molecule has 7 nitrogen and oxygen atoms in total. The summed E-state index contributed by atoms with van der Waals surface area (Å²) in [7, 11) is 1.28. The van der Waals surface area contributed by atoms with Gasteiger partial charge < -0.3 is 19.5 Å². The van der Waals surface area contributed by atoms with Gasteiger partial charge in [0.25, 0.3) is 5.91 Å². The molecule has 184 valence electrons. The van der Waals surface area contributed by atoms with Crippen LogP contribution in [0.2, 0.25) is 5.02 Å². The summed E-state index contributed by atoms with van der Waals surface area (Å²) in [5.41, 5.74) is 2.03. The summed E-state index contributed by atoms with van der Waals surface area (Å²) in [6.45, 7) is 2.45. The third kappa shape index (κ3) is 6.87. The summed E-state index contributed by atoms with van der Waals surface area (Å²) in [6, 6.07) is 18.9. The van der Waals surface area contributed by atoms with Crippen molar-refractivity contribution in [3.05, 3.63) is 92.4 Å². The zero-order valence-electron chi connectivity index (χ0n) is 19.5. The molecule has 9 heteroatoms. The van der Waals surface area contributed by atoms with Gasteiger partial charge in [0.15, 0.2) is 11.5 Å². The van der Waals surface area contributed by atoms with Crippen molar-refractivity contribution in [1.29, 1.82) is 5.26 Å². The van der Waals surface area contributed by atoms with E-state index in [1.807, 2.05) is 37.3 Å². The maximum atomic E-state index is 12.7. The molecule has 0 heterocycles. The highest BCUT2D eigenvalue weighted by Gasteiger charge is 2.16. The third-order valence-corrected chi connectivity index (χ3v) is 5.96. The lowest BCUT2D eigenvalue weighted by atomic mass is 10.1. The van der Waals surface area contributed by atoms with E-state index in [0.29, 0.717) is 34.9 Å². The number of nitrogens with zero attached hydrogens (tertiary/aromatic N) is 1. The first-order valence-corrected chi connectivity index (χ1v) is 12.0. The molecule has 0 unspecified atom stereocenters. The number of amides is 1. The number of carbonyl (C=O) groups excluding carboxylic acids is 2. The SMILES string of the molecule is CCOc1cc(/C=C(\C#N)C(=O)Nc2ccc(C(=O)OC)cc2)cc(Cl)c1OCc1ccccc1Br. The molecule has 0 aliphatic carbocycles. The van der Waals surface area contributed by atoms with Gasteiger partial charge in [-0.1, -0.05) is 45.7 Å². The average Bonchev–Trinajstić information content (AvgIpc) is 2.87. The van der Waals surface area contributed by atoms with E-state index in [9.17, 15) is 14.9 Å². The van der Waals surface area contributed by atoms with Gasteiger partial charge in [-0.2, -0.15) is 5.26 Å². The maximum absolute atomic E-state index is 12.7. The fourth-order valence-electron chi connectivity index (χ4n) is 3.16. The minimum absolute atomic E-state index is 0.146. The van der Waals surface area contributed by atoms with Gasteiger partial charge in [-0.25, -0.2) is 4.79 Å². The van der Waals surface area contributed by atoms with Crippen LogP contribution in [0.3, 0.4) is 0 Å². The molecule has 0 saturated carbocycles. The third-order valence-electron chi connectivity index (χ3n) is 4.90. The number of esters is 1. The Labute approximate surface area is 222 Å². The Morgan fingerprint density at radius 3 is 2.47 bits per heavy atom. The largest absolute Gasteiger partial charge is 0.490 e. The first kappa shape index (κ1) is 26.8. The Morgan fingerprint density at radius 2 is 1.83 bits per heavy atom.